The van der Waals surface area contributed by atoms with Crippen LogP contribution in [0.1, 0.15) is 72.6 Å². The van der Waals surface area contributed by atoms with Gasteiger partial charge in [0, 0.05) is 23.9 Å². The number of hydrogen-bond donors (Lipinski definition) is 1. The Labute approximate surface area is 152 Å². The number of ketones is 1. The molecule has 1 spiro atoms. The van der Waals surface area contributed by atoms with E-state index < -0.39 is 0 Å². The molecule has 4 saturated carbocycles. The van der Waals surface area contributed by atoms with Crippen LogP contribution in [-0.4, -0.2) is 30.2 Å². The average molecular weight is 349 g/mol. The smallest absolute Gasteiger partial charge is 0.142 e. The number of rotatable bonds is 3. The van der Waals surface area contributed by atoms with Crippen LogP contribution in [0.15, 0.2) is 0 Å². The number of Topliss-reactive ketones (excluding diaryl/α,β-unsaturated/α-hetero) is 1. The fraction of sp³-hybridized carbons (Fsp3) is 0.955. The Morgan fingerprint density at radius 1 is 1.24 bits per heavy atom. The zero-order valence-electron chi connectivity index (χ0n) is 16.7. The van der Waals surface area contributed by atoms with Gasteiger partial charge in [0.25, 0.3) is 0 Å². The van der Waals surface area contributed by atoms with Gasteiger partial charge in [-0.05, 0) is 68.1 Å². The van der Waals surface area contributed by atoms with E-state index in [-0.39, 0.29) is 34.4 Å². The van der Waals surface area contributed by atoms with Gasteiger partial charge in [0.05, 0.1) is 12.2 Å². The maximum absolute atomic E-state index is 13.7. The van der Waals surface area contributed by atoms with Crippen molar-refractivity contribution in [2.75, 3.05) is 7.11 Å². The lowest BCUT2D eigenvalue weighted by atomic mass is 9.50. The zero-order valence-corrected chi connectivity index (χ0v) is 16.7. The highest BCUT2D eigenvalue weighted by atomic mass is 16.5. The van der Waals surface area contributed by atoms with Crippen molar-refractivity contribution in [3.63, 3.8) is 0 Å². The third kappa shape index (κ3) is 2.21. The lowest BCUT2D eigenvalue weighted by Crippen LogP contribution is -2.57. The number of aliphatic hydroxyl groups is 1. The number of aliphatic hydroxyl groups excluding tert-OH is 1. The molecule has 142 valence electrons. The predicted octanol–water partition coefficient (Wildman–Crippen LogP) is 4.22. The number of carbonyl (C=O) groups is 1. The van der Waals surface area contributed by atoms with Gasteiger partial charge in [-0.2, -0.15) is 0 Å². The molecule has 0 aromatic carbocycles. The molecule has 4 aliphatic rings. The number of hydrogen-bond acceptors (Lipinski definition) is 3. The van der Waals surface area contributed by atoms with Gasteiger partial charge in [0.15, 0.2) is 0 Å². The second kappa shape index (κ2) is 5.55. The highest BCUT2D eigenvalue weighted by Crippen LogP contribution is 2.77. The van der Waals surface area contributed by atoms with Crippen LogP contribution in [0.4, 0.5) is 0 Å². The van der Waals surface area contributed by atoms with Crippen molar-refractivity contribution in [2.24, 2.45) is 39.9 Å². The monoisotopic (exact) mass is 348 g/mol. The van der Waals surface area contributed by atoms with E-state index >= 15 is 0 Å². The van der Waals surface area contributed by atoms with E-state index in [4.69, 9.17) is 4.74 Å². The third-order valence-corrected chi connectivity index (χ3v) is 8.90. The summed E-state index contributed by atoms with van der Waals surface area (Å²) in [4.78, 5) is 13.7. The van der Waals surface area contributed by atoms with Crippen molar-refractivity contribution in [1.29, 1.82) is 0 Å². The molecular formula is C22H36O3. The van der Waals surface area contributed by atoms with Gasteiger partial charge in [-0.15, -0.1) is 0 Å². The van der Waals surface area contributed by atoms with Crippen LogP contribution >= 0.6 is 0 Å². The Hall–Kier alpha value is -0.410. The first-order chi connectivity index (χ1) is 11.7. The van der Waals surface area contributed by atoms with Crippen LogP contribution < -0.4 is 0 Å². The van der Waals surface area contributed by atoms with Crippen LogP contribution in [-0.2, 0) is 9.53 Å². The van der Waals surface area contributed by atoms with Crippen LogP contribution in [0, 0.1) is 39.9 Å². The summed E-state index contributed by atoms with van der Waals surface area (Å²) < 4.78 is 5.93. The van der Waals surface area contributed by atoms with E-state index in [0.717, 1.165) is 32.1 Å². The van der Waals surface area contributed by atoms with E-state index in [0.29, 0.717) is 30.0 Å². The SMILES string of the molecule is CO[C@@H]1CCC23CC[C@H]4C[C@@]4(C12)[C@H](O)C[C@@](C)(CC(C)C)C(=O)[C@@H]3C. The molecule has 0 aromatic rings. The lowest BCUT2D eigenvalue weighted by molar-refractivity contribution is -0.161. The molecule has 2 unspecified atom stereocenters. The fourth-order valence-corrected chi connectivity index (χ4v) is 7.99. The first-order valence-corrected chi connectivity index (χ1v) is 10.5. The van der Waals surface area contributed by atoms with E-state index in [1.54, 1.807) is 0 Å². The van der Waals surface area contributed by atoms with E-state index in [2.05, 4.69) is 27.7 Å². The molecule has 0 amide bonds. The first kappa shape index (κ1) is 18.0. The molecule has 3 heteroatoms. The molecule has 4 aliphatic carbocycles. The molecule has 3 nitrogen and oxygen atoms in total. The van der Waals surface area contributed by atoms with Gasteiger partial charge < -0.3 is 9.84 Å². The minimum absolute atomic E-state index is 0.0304. The summed E-state index contributed by atoms with van der Waals surface area (Å²) in [5, 5.41) is 11.4. The van der Waals surface area contributed by atoms with Crippen molar-refractivity contribution in [1.82, 2.24) is 0 Å². The van der Waals surface area contributed by atoms with E-state index in [9.17, 15) is 9.90 Å². The summed E-state index contributed by atoms with van der Waals surface area (Å²) in [7, 11) is 1.83. The number of methoxy groups -OCH3 is 1. The Morgan fingerprint density at radius 2 is 1.92 bits per heavy atom. The first-order valence-electron chi connectivity index (χ1n) is 10.5. The normalized spacial score (nSPS) is 54.7. The summed E-state index contributed by atoms with van der Waals surface area (Å²) in [6, 6.07) is 0. The molecular weight excluding hydrogens is 312 g/mol. The summed E-state index contributed by atoms with van der Waals surface area (Å²) in [6.45, 7) is 8.74. The summed E-state index contributed by atoms with van der Waals surface area (Å²) >= 11 is 0. The van der Waals surface area contributed by atoms with E-state index in [1.807, 2.05) is 7.11 Å². The van der Waals surface area contributed by atoms with E-state index in [1.165, 1.54) is 6.42 Å². The molecule has 4 fully saturated rings. The van der Waals surface area contributed by atoms with Crippen LogP contribution in [0.5, 0.6) is 0 Å². The topological polar surface area (TPSA) is 46.5 Å². The molecule has 8 atom stereocenters. The third-order valence-electron chi connectivity index (χ3n) is 8.90. The van der Waals surface area contributed by atoms with Crippen molar-refractivity contribution in [3.8, 4) is 0 Å². The average Bonchev–Trinajstić information content (AvgIpc) is 3.18. The second-order valence-electron chi connectivity index (χ2n) is 10.5. The van der Waals surface area contributed by atoms with Gasteiger partial charge in [-0.3, -0.25) is 4.79 Å². The van der Waals surface area contributed by atoms with Gasteiger partial charge in [0.2, 0.25) is 0 Å². The van der Waals surface area contributed by atoms with Crippen LogP contribution in [0.25, 0.3) is 0 Å². The van der Waals surface area contributed by atoms with Crippen molar-refractivity contribution >= 4 is 5.78 Å². The quantitative estimate of drug-likeness (QED) is 0.830. The summed E-state index contributed by atoms with van der Waals surface area (Å²) in [6.07, 6.45) is 7.07. The highest BCUT2D eigenvalue weighted by molar-refractivity contribution is 5.87. The van der Waals surface area contributed by atoms with Crippen molar-refractivity contribution in [3.05, 3.63) is 0 Å². The minimum Gasteiger partial charge on any atom is -0.392 e. The van der Waals surface area contributed by atoms with Crippen molar-refractivity contribution < 1.29 is 14.6 Å². The van der Waals surface area contributed by atoms with Gasteiger partial charge in [0.1, 0.15) is 5.78 Å². The molecule has 0 aromatic heterocycles. The molecule has 1 N–H and O–H groups in total. The summed E-state index contributed by atoms with van der Waals surface area (Å²) in [5.41, 5.74) is -0.291. The molecule has 0 aliphatic heterocycles. The van der Waals surface area contributed by atoms with Crippen LogP contribution in [0.2, 0.25) is 0 Å². The molecule has 0 heterocycles. The van der Waals surface area contributed by atoms with Gasteiger partial charge in [-0.25, -0.2) is 0 Å². The molecule has 0 saturated heterocycles. The standard InChI is InChI=1S/C22H36O3/c1-13(2)10-20(4)12-17(23)22-11-15(22)6-8-21(14(3)19(20)24)9-7-16(25-5)18(21)22/h13-18,23H,6-12H2,1-5H3/t14-,15-,16+,17+,18?,20+,21?,22-/m0/s1. The van der Waals surface area contributed by atoms with Crippen LogP contribution in [0.3, 0.4) is 0 Å². The molecule has 2 bridgehead atoms. The minimum atomic E-state index is -0.381. The van der Waals surface area contributed by atoms with Gasteiger partial charge >= 0.3 is 0 Å². The molecule has 25 heavy (non-hydrogen) atoms. The zero-order chi connectivity index (χ0) is 18.2. The maximum Gasteiger partial charge on any atom is 0.142 e. The number of carbonyl (C=O) groups excluding carboxylic acids is 1. The largest absolute Gasteiger partial charge is 0.392 e. The fourth-order valence-electron chi connectivity index (χ4n) is 7.99. The maximum atomic E-state index is 13.7. The second-order valence-corrected chi connectivity index (χ2v) is 10.5. The Balaban J connectivity index is 1.81. The Morgan fingerprint density at radius 3 is 2.56 bits per heavy atom. The predicted molar refractivity (Wildman–Crippen MR) is 98.1 cm³/mol. The Kier molecular flexibility index (Phi) is 3.99. The molecule has 4 rings (SSSR count). The summed E-state index contributed by atoms with van der Waals surface area (Å²) in [5.74, 6) is 2.01. The van der Waals surface area contributed by atoms with Gasteiger partial charge in [-0.1, -0.05) is 27.7 Å². The van der Waals surface area contributed by atoms with Crippen molar-refractivity contribution in [2.45, 2.75) is 84.8 Å². The molecule has 0 radical (unpaired) electrons. The highest BCUT2D eigenvalue weighted by Gasteiger charge is 2.75. The lowest BCUT2D eigenvalue weighted by Gasteiger charge is -2.55. The Bertz CT molecular complexity index is 572. The number of ether oxygens (including phenoxy) is 1.